The lowest BCUT2D eigenvalue weighted by Gasteiger charge is -2.05. The fraction of sp³-hybridized carbons (Fsp3) is 0.0556. The first kappa shape index (κ1) is 16.6. The van der Waals surface area contributed by atoms with Gasteiger partial charge in [0.15, 0.2) is 5.76 Å². The van der Waals surface area contributed by atoms with Crippen molar-refractivity contribution in [2.24, 2.45) is 0 Å². The highest BCUT2D eigenvalue weighted by atomic mass is 19.1. The predicted molar refractivity (Wildman–Crippen MR) is 83.8 cm³/mol. The molecule has 0 spiro atoms. The largest absolute Gasteiger partial charge is 0.486 e. The van der Waals surface area contributed by atoms with Crippen LogP contribution >= 0.6 is 0 Å². The molecule has 3 aromatic rings. The van der Waals surface area contributed by atoms with E-state index in [4.69, 9.17) is 9.15 Å². The second-order valence-electron chi connectivity index (χ2n) is 5.12. The van der Waals surface area contributed by atoms with Crippen LogP contribution in [0.15, 0.2) is 59.0 Å². The molecule has 0 radical (unpaired) electrons. The maximum atomic E-state index is 13.1. The first-order valence-electron chi connectivity index (χ1n) is 7.24. The van der Waals surface area contributed by atoms with Gasteiger partial charge in [-0.3, -0.25) is 4.79 Å². The molecule has 2 aromatic carbocycles. The average Bonchev–Trinajstić information content (AvgIpc) is 3.02. The van der Waals surface area contributed by atoms with Gasteiger partial charge < -0.3 is 14.5 Å². The highest BCUT2D eigenvalue weighted by Gasteiger charge is 2.13. The van der Waals surface area contributed by atoms with Gasteiger partial charge in [0.05, 0.1) is 0 Å². The van der Waals surface area contributed by atoms with Gasteiger partial charge in [-0.05, 0) is 48.5 Å². The molecule has 0 saturated heterocycles. The van der Waals surface area contributed by atoms with E-state index in [1.807, 2.05) is 0 Å². The molecule has 0 aliphatic heterocycles. The molecule has 1 amide bonds. The van der Waals surface area contributed by atoms with E-state index in [2.05, 4.69) is 5.32 Å². The van der Waals surface area contributed by atoms with Gasteiger partial charge in [-0.1, -0.05) is 0 Å². The van der Waals surface area contributed by atoms with Crippen molar-refractivity contribution in [1.82, 2.24) is 0 Å². The number of hydrogen-bond acceptors (Lipinski definition) is 3. The second-order valence-corrected chi connectivity index (χ2v) is 5.12. The average molecular weight is 347 g/mol. The minimum atomic E-state index is -0.803. The number of amides is 1. The third-order valence-corrected chi connectivity index (χ3v) is 3.20. The molecule has 1 heterocycles. The molecule has 0 saturated carbocycles. The Balaban J connectivity index is 1.62. The van der Waals surface area contributed by atoms with Gasteiger partial charge in [0.25, 0.3) is 5.91 Å². The van der Waals surface area contributed by atoms with Crippen molar-refractivity contribution < 1.29 is 27.1 Å². The fourth-order valence-corrected chi connectivity index (χ4v) is 2.08. The van der Waals surface area contributed by atoms with Gasteiger partial charge in [0, 0.05) is 11.8 Å². The molecule has 0 aliphatic carbocycles. The zero-order chi connectivity index (χ0) is 17.8. The number of ether oxygens (including phenoxy) is 1. The van der Waals surface area contributed by atoms with Crippen LogP contribution in [0.25, 0.3) is 0 Å². The number of anilines is 1. The first-order valence-corrected chi connectivity index (χ1v) is 7.24. The van der Waals surface area contributed by atoms with Crippen LogP contribution in [0.1, 0.15) is 16.3 Å². The SMILES string of the molecule is O=C(Nc1cc(F)cc(F)c1)c1ccc(COc2ccc(F)cc2)o1. The summed E-state index contributed by atoms with van der Waals surface area (Å²) in [6.07, 6.45) is 0. The Kier molecular flexibility index (Phi) is 4.74. The van der Waals surface area contributed by atoms with Crippen LogP contribution in [0, 0.1) is 17.5 Å². The van der Waals surface area contributed by atoms with Crippen molar-refractivity contribution in [1.29, 1.82) is 0 Å². The molecule has 0 bridgehead atoms. The summed E-state index contributed by atoms with van der Waals surface area (Å²) >= 11 is 0. The second kappa shape index (κ2) is 7.12. The minimum absolute atomic E-state index is 0.0250. The normalized spacial score (nSPS) is 10.5. The third-order valence-electron chi connectivity index (χ3n) is 3.20. The van der Waals surface area contributed by atoms with Crippen molar-refractivity contribution in [3.8, 4) is 5.75 Å². The first-order chi connectivity index (χ1) is 12.0. The number of benzene rings is 2. The Morgan fingerprint density at radius 1 is 0.920 bits per heavy atom. The number of nitrogens with one attached hydrogen (secondary N) is 1. The molecule has 0 aliphatic rings. The van der Waals surface area contributed by atoms with Crippen LogP contribution in [0.3, 0.4) is 0 Å². The maximum absolute atomic E-state index is 13.1. The molecule has 0 atom stereocenters. The van der Waals surface area contributed by atoms with E-state index in [1.54, 1.807) is 0 Å². The number of furan rings is 1. The van der Waals surface area contributed by atoms with E-state index in [-0.39, 0.29) is 23.9 Å². The molecular weight excluding hydrogens is 335 g/mol. The standard InChI is InChI=1S/C18H12F3NO3/c19-11-1-3-15(4-2-11)24-10-16-5-6-17(25-16)18(23)22-14-8-12(20)7-13(21)9-14/h1-9H,10H2,(H,22,23). The lowest BCUT2D eigenvalue weighted by Crippen LogP contribution is -2.11. The summed E-state index contributed by atoms with van der Waals surface area (Å²) in [5, 5.41) is 2.34. The van der Waals surface area contributed by atoms with Crippen molar-refractivity contribution >= 4 is 11.6 Å². The van der Waals surface area contributed by atoms with Gasteiger partial charge in [0.2, 0.25) is 0 Å². The fourth-order valence-electron chi connectivity index (χ4n) is 2.08. The monoisotopic (exact) mass is 347 g/mol. The molecule has 128 valence electrons. The maximum Gasteiger partial charge on any atom is 0.291 e. The zero-order valence-electron chi connectivity index (χ0n) is 12.8. The molecule has 4 nitrogen and oxygen atoms in total. The number of carbonyl (C=O) groups is 1. The number of rotatable bonds is 5. The van der Waals surface area contributed by atoms with Crippen LogP contribution in [0.5, 0.6) is 5.75 Å². The quantitative estimate of drug-likeness (QED) is 0.738. The summed E-state index contributed by atoms with van der Waals surface area (Å²) < 4.78 is 49.8. The van der Waals surface area contributed by atoms with Crippen molar-refractivity contribution in [2.75, 3.05) is 5.32 Å². The molecule has 7 heteroatoms. The molecule has 3 rings (SSSR count). The van der Waals surface area contributed by atoms with E-state index < -0.39 is 17.5 Å². The van der Waals surface area contributed by atoms with Crippen molar-refractivity contribution in [3.63, 3.8) is 0 Å². The van der Waals surface area contributed by atoms with Crippen LogP contribution in [-0.4, -0.2) is 5.91 Å². The molecular formula is C18H12F3NO3. The summed E-state index contributed by atoms with van der Waals surface area (Å²) in [5.41, 5.74) is -0.0250. The lowest BCUT2D eigenvalue weighted by atomic mass is 10.3. The minimum Gasteiger partial charge on any atom is -0.486 e. The Hall–Kier alpha value is -3.22. The Labute approximate surface area is 140 Å². The zero-order valence-corrected chi connectivity index (χ0v) is 12.8. The van der Waals surface area contributed by atoms with Gasteiger partial charge in [-0.25, -0.2) is 13.2 Å². The molecule has 0 fully saturated rings. The van der Waals surface area contributed by atoms with Crippen LogP contribution in [0.2, 0.25) is 0 Å². The smallest absolute Gasteiger partial charge is 0.291 e. The summed E-state index contributed by atoms with van der Waals surface area (Å²) in [7, 11) is 0. The van der Waals surface area contributed by atoms with Gasteiger partial charge in [-0.2, -0.15) is 0 Å². The summed E-state index contributed by atoms with van der Waals surface area (Å²) in [5.74, 6) is -1.87. The highest BCUT2D eigenvalue weighted by molar-refractivity contribution is 6.02. The lowest BCUT2D eigenvalue weighted by molar-refractivity contribution is 0.0992. The van der Waals surface area contributed by atoms with Crippen molar-refractivity contribution in [2.45, 2.75) is 6.61 Å². The van der Waals surface area contributed by atoms with E-state index >= 15 is 0 Å². The van der Waals surface area contributed by atoms with Crippen LogP contribution in [0.4, 0.5) is 18.9 Å². The van der Waals surface area contributed by atoms with E-state index in [9.17, 15) is 18.0 Å². The molecule has 0 unspecified atom stereocenters. The predicted octanol–water partition coefficient (Wildman–Crippen LogP) is 4.53. The van der Waals surface area contributed by atoms with E-state index in [0.29, 0.717) is 17.6 Å². The topological polar surface area (TPSA) is 51.5 Å². The molecule has 1 N–H and O–H groups in total. The van der Waals surface area contributed by atoms with E-state index in [1.165, 1.54) is 36.4 Å². The number of hydrogen-bond donors (Lipinski definition) is 1. The summed E-state index contributed by atoms with van der Waals surface area (Å²) in [4.78, 5) is 12.0. The van der Waals surface area contributed by atoms with Gasteiger partial charge in [0.1, 0.15) is 35.6 Å². The number of halogens is 3. The van der Waals surface area contributed by atoms with Crippen LogP contribution < -0.4 is 10.1 Å². The third kappa shape index (κ3) is 4.41. The van der Waals surface area contributed by atoms with Gasteiger partial charge in [-0.15, -0.1) is 0 Å². The van der Waals surface area contributed by atoms with Gasteiger partial charge >= 0.3 is 0 Å². The highest BCUT2D eigenvalue weighted by Crippen LogP contribution is 2.17. The Bertz CT molecular complexity index is 871. The summed E-state index contributed by atoms with van der Waals surface area (Å²) in [6, 6.07) is 11.1. The Morgan fingerprint density at radius 2 is 1.60 bits per heavy atom. The Morgan fingerprint density at radius 3 is 2.28 bits per heavy atom. The molecule has 25 heavy (non-hydrogen) atoms. The molecule has 1 aromatic heterocycles. The summed E-state index contributed by atoms with van der Waals surface area (Å²) in [6.45, 7) is 0.0352. The van der Waals surface area contributed by atoms with E-state index in [0.717, 1.165) is 12.1 Å². The van der Waals surface area contributed by atoms with Crippen LogP contribution in [-0.2, 0) is 6.61 Å². The number of carbonyl (C=O) groups excluding carboxylic acids is 1. The van der Waals surface area contributed by atoms with Crippen molar-refractivity contribution in [3.05, 3.63) is 83.6 Å².